The van der Waals surface area contributed by atoms with Gasteiger partial charge < -0.3 is 10.0 Å². The second-order valence-electron chi connectivity index (χ2n) is 3.52. The summed E-state index contributed by atoms with van der Waals surface area (Å²) >= 11 is 0. The van der Waals surface area contributed by atoms with Gasteiger partial charge in [-0.2, -0.15) is 0 Å². The van der Waals surface area contributed by atoms with Gasteiger partial charge in [-0.3, -0.25) is 4.79 Å². The van der Waals surface area contributed by atoms with Crippen molar-refractivity contribution >= 4 is 5.91 Å². The lowest BCUT2D eigenvalue weighted by molar-refractivity contribution is -0.128. The summed E-state index contributed by atoms with van der Waals surface area (Å²) in [5, 5.41) is 9.58. The Morgan fingerprint density at radius 1 is 1.50 bits per heavy atom. The number of carbonyl (C=O) groups excluding carboxylic acids is 1. The molecule has 66 valence electrons. The summed E-state index contributed by atoms with van der Waals surface area (Å²) in [4.78, 5) is 13.2. The van der Waals surface area contributed by atoms with Crippen LogP contribution in [0.15, 0.2) is 11.3 Å². The highest BCUT2D eigenvalue weighted by molar-refractivity contribution is 5.96. The number of aliphatic hydroxyl groups excluding tert-OH is 1. The molecule has 2 aliphatic heterocycles. The van der Waals surface area contributed by atoms with Crippen molar-refractivity contribution in [3.8, 4) is 0 Å². The molecule has 2 heterocycles. The van der Waals surface area contributed by atoms with Gasteiger partial charge in [0.15, 0.2) is 0 Å². The summed E-state index contributed by atoms with van der Waals surface area (Å²) in [5.74, 6) is 0.330. The standard InChI is InChI=1S/C9H13NO2/c1-6-8(11)7-4-2-3-5-10(7)9(6)12/h7,11H,2-5H2,1H3. The summed E-state index contributed by atoms with van der Waals surface area (Å²) in [7, 11) is 0. The zero-order valence-electron chi connectivity index (χ0n) is 7.21. The Morgan fingerprint density at radius 2 is 2.25 bits per heavy atom. The molecule has 1 unspecified atom stereocenters. The van der Waals surface area contributed by atoms with Crippen LogP contribution in [0, 0.1) is 0 Å². The van der Waals surface area contributed by atoms with Gasteiger partial charge >= 0.3 is 0 Å². The van der Waals surface area contributed by atoms with Crippen LogP contribution in [0.3, 0.4) is 0 Å². The topological polar surface area (TPSA) is 40.5 Å². The molecular weight excluding hydrogens is 154 g/mol. The third-order valence-electron chi connectivity index (χ3n) is 2.78. The molecule has 1 N–H and O–H groups in total. The molecule has 12 heavy (non-hydrogen) atoms. The van der Waals surface area contributed by atoms with Crippen molar-refractivity contribution < 1.29 is 9.90 Å². The number of carbonyl (C=O) groups is 1. The van der Waals surface area contributed by atoms with E-state index >= 15 is 0 Å². The number of fused-ring (bicyclic) bond motifs is 1. The second-order valence-corrected chi connectivity index (χ2v) is 3.52. The SMILES string of the molecule is CC1=C(O)C2CCCCN2C1=O. The Morgan fingerprint density at radius 3 is 2.92 bits per heavy atom. The first-order chi connectivity index (χ1) is 5.72. The number of hydrogen-bond acceptors (Lipinski definition) is 2. The molecule has 1 atom stereocenters. The van der Waals surface area contributed by atoms with Crippen LogP contribution in [0.1, 0.15) is 26.2 Å². The average Bonchev–Trinajstić information content (AvgIpc) is 2.33. The fraction of sp³-hybridized carbons (Fsp3) is 0.667. The maximum atomic E-state index is 11.5. The summed E-state index contributed by atoms with van der Waals surface area (Å²) in [6, 6.07) is 0.00579. The molecular formula is C9H13NO2. The second kappa shape index (κ2) is 2.51. The van der Waals surface area contributed by atoms with Gasteiger partial charge in [-0.15, -0.1) is 0 Å². The van der Waals surface area contributed by atoms with E-state index in [0.29, 0.717) is 11.3 Å². The Hall–Kier alpha value is -0.990. The van der Waals surface area contributed by atoms with E-state index in [1.807, 2.05) is 0 Å². The molecule has 0 aliphatic carbocycles. The first-order valence-corrected chi connectivity index (χ1v) is 4.42. The quantitative estimate of drug-likeness (QED) is 0.589. The maximum Gasteiger partial charge on any atom is 0.253 e. The van der Waals surface area contributed by atoms with Crippen molar-refractivity contribution in [3.05, 3.63) is 11.3 Å². The van der Waals surface area contributed by atoms with Crippen molar-refractivity contribution in [2.45, 2.75) is 32.2 Å². The van der Waals surface area contributed by atoms with Crippen molar-refractivity contribution in [2.24, 2.45) is 0 Å². The van der Waals surface area contributed by atoms with Crippen molar-refractivity contribution in [1.82, 2.24) is 4.90 Å². The van der Waals surface area contributed by atoms with Gasteiger partial charge in [-0.25, -0.2) is 0 Å². The predicted octanol–water partition coefficient (Wildman–Crippen LogP) is 1.21. The van der Waals surface area contributed by atoms with E-state index in [4.69, 9.17) is 0 Å². The van der Waals surface area contributed by atoms with Crippen molar-refractivity contribution in [1.29, 1.82) is 0 Å². The van der Waals surface area contributed by atoms with Crippen LogP contribution in [0.4, 0.5) is 0 Å². The lowest BCUT2D eigenvalue weighted by Crippen LogP contribution is -2.39. The largest absolute Gasteiger partial charge is 0.510 e. The normalized spacial score (nSPS) is 29.6. The Kier molecular flexibility index (Phi) is 1.60. The Balaban J connectivity index is 2.29. The van der Waals surface area contributed by atoms with Crippen LogP contribution in [0.2, 0.25) is 0 Å². The fourth-order valence-electron chi connectivity index (χ4n) is 2.03. The fourth-order valence-corrected chi connectivity index (χ4v) is 2.03. The minimum atomic E-state index is 0.00579. The molecule has 0 spiro atoms. The number of amides is 1. The van der Waals surface area contributed by atoms with Gasteiger partial charge in [-0.1, -0.05) is 0 Å². The van der Waals surface area contributed by atoms with Crippen LogP contribution in [0.5, 0.6) is 0 Å². The van der Waals surface area contributed by atoms with Gasteiger partial charge in [0.1, 0.15) is 5.76 Å². The molecule has 1 fully saturated rings. The molecule has 0 aromatic rings. The number of aliphatic hydroxyl groups is 1. The highest BCUT2D eigenvalue weighted by Crippen LogP contribution is 2.30. The maximum absolute atomic E-state index is 11.5. The molecule has 3 heteroatoms. The van der Waals surface area contributed by atoms with Crippen LogP contribution in [0.25, 0.3) is 0 Å². The third-order valence-corrected chi connectivity index (χ3v) is 2.78. The van der Waals surface area contributed by atoms with Gasteiger partial charge in [0.25, 0.3) is 5.91 Å². The number of piperidine rings is 1. The Labute approximate surface area is 71.7 Å². The van der Waals surface area contributed by atoms with E-state index in [9.17, 15) is 9.90 Å². The molecule has 2 aliphatic rings. The highest BCUT2D eigenvalue weighted by atomic mass is 16.3. The molecule has 0 aromatic carbocycles. The first-order valence-electron chi connectivity index (χ1n) is 4.42. The summed E-state index contributed by atoms with van der Waals surface area (Å²) in [6.45, 7) is 2.51. The summed E-state index contributed by atoms with van der Waals surface area (Å²) in [6.07, 6.45) is 3.11. The van der Waals surface area contributed by atoms with E-state index in [2.05, 4.69) is 0 Å². The average molecular weight is 167 g/mol. The van der Waals surface area contributed by atoms with Crippen molar-refractivity contribution in [2.75, 3.05) is 6.54 Å². The van der Waals surface area contributed by atoms with Gasteiger partial charge in [0, 0.05) is 6.54 Å². The minimum Gasteiger partial charge on any atom is -0.510 e. The van der Waals surface area contributed by atoms with E-state index in [1.165, 1.54) is 0 Å². The van der Waals surface area contributed by atoms with Crippen LogP contribution >= 0.6 is 0 Å². The monoisotopic (exact) mass is 167 g/mol. The molecule has 3 nitrogen and oxygen atoms in total. The molecule has 0 saturated carbocycles. The first kappa shape index (κ1) is 7.65. The zero-order valence-corrected chi connectivity index (χ0v) is 7.21. The molecule has 1 amide bonds. The number of nitrogens with zero attached hydrogens (tertiary/aromatic N) is 1. The van der Waals surface area contributed by atoms with Crippen LogP contribution in [-0.4, -0.2) is 28.5 Å². The third kappa shape index (κ3) is 0.854. The molecule has 1 saturated heterocycles. The molecule has 0 radical (unpaired) electrons. The van der Waals surface area contributed by atoms with E-state index in [-0.39, 0.29) is 11.9 Å². The van der Waals surface area contributed by atoms with Gasteiger partial charge in [0.05, 0.1) is 11.6 Å². The number of rotatable bonds is 0. The summed E-state index contributed by atoms with van der Waals surface area (Å²) in [5.41, 5.74) is 0.543. The smallest absolute Gasteiger partial charge is 0.253 e. The lowest BCUT2D eigenvalue weighted by Gasteiger charge is -2.29. The molecule has 2 rings (SSSR count). The van der Waals surface area contributed by atoms with Crippen LogP contribution in [-0.2, 0) is 4.79 Å². The van der Waals surface area contributed by atoms with Crippen molar-refractivity contribution in [3.63, 3.8) is 0 Å². The van der Waals surface area contributed by atoms with E-state index < -0.39 is 0 Å². The van der Waals surface area contributed by atoms with Crippen LogP contribution < -0.4 is 0 Å². The van der Waals surface area contributed by atoms with Gasteiger partial charge in [0.2, 0.25) is 0 Å². The van der Waals surface area contributed by atoms with E-state index in [1.54, 1.807) is 11.8 Å². The molecule has 0 bridgehead atoms. The highest BCUT2D eigenvalue weighted by Gasteiger charge is 2.38. The number of hydrogen-bond donors (Lipinski definition) is 1. The Bertz CT molecular complexity index is 257. The van der Waals surface area contributed by atoms with Gasteiger partial charge in [-0.05, 0) is 26.2 Å². The predicted molar refractivity (Wildman–Crippen MR) is 44.7 cm³/mol. The van der Waals surface area contributed by atoms with E-state index in [0.717, 1.165) is 25.8 Å². The lowest BCUT2D eigenvalue weighted by atomic mass is 10.0. The molecule has 0 aromatic heterocycles. The zero-order chi connectivity index (χ0) is 8.72. The minimum absolute atomic E-state index is 0.00579. The summed E-state index contributed by atoms with van der Waals surface area (Å²) < 4.78 is 0.